The second kappa shape index (κ2) is 8.45. The van der Waals surface area contributed by atoms with Gasteiger partial charge in [0.05, 0.1) is 12.3 Å². The second-order valence-electron chi connectivity index (χ2n) is 7.16. The number of thiazole rings is 1. The summed E-state index contributed by atoms with van der Waals surface area (Å²) in [6, 6.07) is 5.63. The van der Waals surface area contributed by atoms with Crippen molar-refractivity contribution in [2.24, 2.45) is 0 Å². The van der Waals surface area contributed by atoms with Crippen molar-refractivity contribution < 1.29 is 19.1 Å². The number of nitrogens with one attached hydrogen (secondary N) is 1. The van der Waals surface area contributed by atoms with Gasteiger partial charge in [-0.1, -0.05) is 27.7 Å². The predicted octanol–water partition coefficient (Wildman–Crippen LogP) is 5.18. The van der Waals surface area contributed by atoms with Gasteiger partial charge in [-0.3, -0.25) is 10.2 Å². The molecule has 7 nitrogen and oxygen atoms in total. The van der Waals surface area contributed by atoms with E-state index < -0.39 is 17.6 Å². The molecule has 0 unspecified atom stereocenters. The lowest BCUT2D eigenvalue weighted by Gasteiger charge is -2.25. The zero-order valence-corrected chi connectivity index (χ0v) is 19.6. The number of nitrogens with zero attached hydrogens (tertiary/aromatic N) is 2. The molecule has 0 spiro atoms. The Labute approximate surface area is 185 Å². The summed E-state index contributed by atoms with van der Waals surface area (Å²) in [5.41, 5.74) is 0.663. The highest BCUT2D eigenvalue weighted by Crippen LogP contribution is 2.39. The molecule has 1 N–H and O–H groups in total. The standard InChI is InChI=1S/C19H20BrN3O4S2/c1-19(2,3)27-18(25)23(17(21)28-4)16(24)15-22-14-11-6-5-10(20)9-12(11)26-8-7-13(14)29-15/h5-6,9,21H,7-8H2,1-4H3. The van der Waals surface area contributed by atoms with E-state index in [2.05, 4.69) is 20.9 Å². The van der Waals surface area contributed by atoms with Gasteiger partial charge < -0.3 is 9.47 Å². The minimum Gasteiger partial charge on any atom is -0.492 e. The number of benzene rings is 1. The van der Waals surface area contributed by atoms with E-state index in [0.717, 1.165) is 31.6 Å². The normalized spacial score (nSPS) is 12.9. The number of hydrogen-bond donors (Lipinski definition) is 1. The zero-order chi connectivity index (χ0) is 21.3. The Morgan fingerprint density at radius 2 is 2.10 bits per heavy atom. The van der Waals surface area contributed by atoms with Crippen LogP contribution in [0.4, 0.5) is 4.79 Å². The zero-order valence-electron chi connectivity index (χ0n) is 16.4. The third kappa shape index (κ3) is 4.81. The van der Waals surface area contributed by atoms with Gasteiger partial charge in [-0.05, 0) is 45.2 Å². The van der Waals surface area contributed by atoms with E-state index in [1.807, 2.05) is 18.2 Å². The Morgan fingerprint density at radius 3 is 2.76 bits per heavy atom. The average molecular weight is 498 g/mol. The van der Waals surface area contributed by atoms with E-state index >= 15 is 0 Å². The van der Waals surface area contributed by atoms with Crippen LogP contribution in [0.3, 0.4) is 0 Å². The van der Waals surface area contributed by atoms with E-state index in [0.29, 0.717) is 24.5 Å². The predicted molar refractivity (Wildman–Crippen MR) is 118 cm³/mol. The number of ether oxygens (including phenoxy) is 2. The molecule has 1 aromatic carbocycles. The van der Waals surface area contributed by atoms with E-state index in [4.69, 9.17) is 14.9 Å². The lowest BCUT2D eigenvalue weighted by atomic mass is 10.1. The molecular weight excluding hydrogens is 478 g/mol. The fourth-order valence-electron chi connectivity index (χ4n) is 2.64. The first kappa shape index (κ1) is 21.8. The molecule has 1 aliphatic rings. The quantitative estimate of drug-likeness (QED) is 0.430. The van der Waals surface area contributed by atoms with Crippen LogP contribution in [0, 0.1) is 5.41 Å². The summed E-state index contributed by atoms with van der Waals surface area (Å²) in [5.74, 6) is 0.0135. The van der Waals surface area contributed by atoms with Crippen molar-refractivity contribution in [1.29, 1.82) is 5.41 Å². The maximum Gasteiger partial charge on any atom is 0.423 e. The fraction of sp³-hybridized carbons (Fsp3) is 0.368. The molecule has 0 saturated carbocycles. The van der Waals surface area contributed by atoms with Crippen LogP contribution < -0.4 is 4.74 Å². The van der Waals surface area contributed by atoms with E-state index in [-0.39, 0.29) is 10.2 Å². The molecule has 29 heavy (non-hydrogen) atoms. The van der Waals surface area contributed by atoms with Crippen LogP contribution in [-0.4, -0.2) is 45.5 Å². The third-order valence-electron chi connectivity index (χ3n) is 3.84. The van der Waals surface area contributed by atoms with Gasteiger partial charge >= 0.3 is 6.09 Å². The third-order valence-corrected chi connectivity index (χ3v) is 6.01. The minimum absolute atomic E-state index is 0.135. The molecule has 0 bridgehead atoms. The average Bonchev–Trinajstić information content (AvgIpc) is 2.97. The number of thioether (sulfide) groups is 1. The van der Waals surface area contributed by atoms with Gasteiger partial charge in [-0.15, -0.1) is 11.3 Å². The van der Waals surface area contributed by atoms with Gasteiger partial charge in [0.1, 0.15) is 11.4 Å². The molecule has 0 atom stereocenters. The Bertz CT molecular complexity index is 984. The molecule has 2 heterocycles. The van der Waals surface area contributed by atoms with Crippen LogP contribution in [0.5, 0.6) is 5.75 Å². The molecule has 1 aromatic heterocycles. The topological polar surface area (TPSA) is 92.6 Å². The largest absolute Gasteiger partial charge is 0.492 e. The summed E-state index contributed by atoms with van der Waals surface area (Å²) in [5, 5.41) is 7.98. The molecule has 154 valence electrons. The highest BCUT2D eigenvalue weighted by atomic mass is 79.9. The Hall–Kier alpha value is -1.91. The first-order valence-corrected chi connectivity index (χ1v) is 11.6. The molecule has 2 aromatic rings. The number of amidine groups is 1. The smallest absolute Gasteiger partial charge is 0.423 e. The monoisotopic (exact) mass is 497 g/mol. The summed E-state index contributed by atoms with van der Waals surface area (Å²) in [7, 11) is 0. The lowest BCUT2D eigenvalue weighted by molar-refractivity contribution is 0.0354. The van der Waals surface area contributed by atoms with Gasteiger partial charge in [0, 0.05) is 21.3 Å². The SMILES string of the molecule is CSC(=N)N(C(=O)OC(C)(C)C)C(=O)c1nc2c(s1)CCOc1cc(Br)ccc1-2. The van der Waals surface area contributed by atoms with Crippen LogP contribution >= 0.6 is 39.0 Å². The van der Waals surface area contributed by atoms with Gasteiger partial charge in [0.15, 0.2) is 10.2 Å². The lowest BCUT2D eigenvalue weighted by Crippen LogP contribution is -2.43. The van der Waals surface area contributed by atoms with E-state index in [1.54, 1.807) is 27.0 Å². The summed E-state index contributed by atoms with van der Waals surface area (Å²) < 4.78 is 12.0. The van der Waals surface area contributed by atoms with Crippen molar-refractivity contribution in [1.82, 2.24) is 9.88 Å². The molecule has 0 aliphatic carbocycles. The molecule has 3 rings (SSSR count). The molecule has 2 amide bonds. The van der Waals surface area contributed by atoms with Crippen molar-refractivity contribution in [3.05, 3.63) is 32.6 Å². The second-order valence-corrected chi connectivity index (χ2v) is 9.95. The summed E-state index contributed by atoms with van der Waals surface area (Å²) in [4.78, 5) is 31.9. The van der Waals surface area contributed by atoms with Crippen molar-refractivity contribution in [2.45, 2.75) is 32.8 Å². The first-order valence-electron chi connectivity index (χ1n) is 8.73. The van der Waals surface area contributed by atoms with Crippen molar-refractivity contribution >= 4 is 56.2 Å². The number of carbonyl (C=O) groups excluding carboxylic acids is 2. The number of amides is 2. The van der Waals surface area contributed by atoms with Crippen molar-refractivity contribution in [2.75, 3.05) is 12.9 Å². The molecule has 0 saturated heterocycles. The first-order chi connectivity index (χ1) is 13.6. The van der Waals surface area contributed by atoms with Gasteiger partial charge in [-0.25, -0.2) is 9.78 Å². The Kier molecular flexibility index (Phi) is 6.35. The summed E-state index contributed by atoms with van der Waals surface area (Å²) in [6.07, 6.45) is 1.33. The maximum absolute atomic E-state index is 13.1. The van der Waals surface area contributed by atoms with Crippen molar-refractivity contribution in [3.8, 4) is 17.0 Å². The van der Waals surface area contributed by atoms with Crippen LogP contribution in [-0.2, 0) is 11.2 Å². The molecule has 0 fully saturated rings. The van der Waals surface area contributed by atoms with Crippen molar-refractivity contribution in [3.63, 3.8) is 0 Å². The van der Waals surface area contributed by atoms with Crippen LogP contribution in [0.15, 0.2) is 22.7 Å². The van der Waals surface area contributed by atoms with Gasteiger partial charge in [-0.2, -0.15) is 4.90 Å². The fourth-order valence-corrected chi connectivity index (χ4v) is 4.31. The number of aromatic nitrogens is 1. The number of carbonyl (C=O) groups is 2. The molecule has 1 aliphatic heterocycles. The van der Waals surface area contributed by atoms with Crippen LogP contribution in [0.1, 0.15) is 35.5 Å². The molecular formula is C19H20BrN3O4S2. The van der Waals surface area contributed by atoms with Crippen LogP contribution in [0.25, 0.3) is 11.3 Å². The summed E-state index contributed by atoms with van der Waals surface area (Å²) >= 11 is 5.62. The highest BCUT2D eigenvalue weighted by molar-refractivity contribution is 9.10. The van der Waals surface area contributed by atoms with Crippen LogP contribution in [0.2, 0.25) is 0 Å². The number of hydrogen-bond acceptors (Lipinski definition) is 8. The summed E-state index contributed by atoms with van der Waals surface area (Å²) in [6.45, 7) is 5.58. The Balaban J connectivity index is 1.99. The molecule has 10 heteroatoms. The number of halogens is 1. The molecule has 0 radical (unpaired) electrons. The van der Waals surface area contributed by atoms with E-state index in [9.17, 15) is 9.59 Å². The number of fused-ring (bicyclic) bond motifs is 3. The number of rotatable bonds is 1. The number of imide groups is 1. The minimum atomic E-state index is -0.889. The Morgan fingerprint density at radius 1 is 1.38 bits per heavy atom. The van der Waals surface area contributed by atoms with Gasteiger partial charge in [0.2, 0.25) is 0 Å². The maximum atomic E-state index is 13.1. The van der Waals surface area contributed by atoms with Gasteiger partial charge in [0.25, 0.3) is 5.91 Å². The highest BCUT2D eigenvalue weighted by Gasteiger charge is 2.34. The van der Waals surface area contributed by atoms with E-state index in [1.165, 1.54) is 11.3 Å².